The summed E-state index contributed by atoms with van der Waals surface area (Å²) in [5.41, 5.74) is 6.29. The van der Waals surface area contributed by atoms with Crippen LogP contribution in [0.4, 0.5) is 0 Å². The third-order valence-corrected chi connectivity index (χ3v) is 7.27. The van der Waals surface area contributed by atoms with Gasteiger partial charge in [-0.25, -0.2) is 0 Å². The van der Waals surface area contributed by atoms with Crippen molar-refractivity contribution >= 4 is 10.1 Å². The molecule has 1 N–H and O–H groups in total. The van der Waals surface area contributed by atoms with Gasteiger partial charge in [-0.2, -0.15) is 8.42 Å². The van der Waals surface area contributed by atoms with Crippen LogP contribution < -0.4 is 4.74 Å². The summed E-state index contributed by atoms with van der Waals surface area (Å²) in [6.07, 6.45) is 0. The van der Waals surface area contributed by atoms with Crippen molar-refractivity contribution in [2.45, 2.75) is 38.5 Å². The molecule has 36 heavy (non-hydrogen) atoms. The Labute approximate surface area is 214 Å². The summed E-state index contributed by atoms with van der Waals surface area (Å²) < 4.78 is 38.8. The molecule has 0 aliphatic carbocycles. The second-order valence-corrected chi connectivity index (χ2v) is 10.7. The summed E-state index contributed by atoms with van der Waals surface area (Å²) in [5.74, 6) is -0.307. The molecule has 3 unspecified atom stereocenters. The first kappa shape index (κ1) is 25.7. The predicted octanol–water partition coefficient (Wildman–Crippen LogP) is 7.37. The van der Waals surface area contributed by atoms with Gasteiger partial charge in [-0.15, -0.1) is 0 Å². The Bertz CT molecular complexity index is 1320. The van der Waals surface area contributed by atoms with E-state index in [1.165, 1.54) is 5.56 Å². The summed E-state index contributed by atoms with van der Waals surface area (Å²) in [6.45, 7) is 6.37. The monoisotopic (exact) mass is 500 g/mol. The number of hydrogen-bond donors (Lipinski definition) is 1. The van der Waals surface area contributed by atoms with Crippen LogP contribution >= 0.6 is 0 Å². The lowest BCUT2D eigenvalue weighted by molar-refractivity contribution is 0.345. The van der Waals surface area contributed by atoms with E-state index in [0.717, 1.165) is 27.8 Å². The van der Waals surface area contributed by atoms with Crippen LogP contribution in [0, 0.1) is 0 Å². The average molecular weight is 501 g/mol. The second kappa shape index (κ2) is 11.1. The Morgan fingerprint density at radius 3 is 1.33 bits per heavy atom. The highest BCUT2D eigenvalue weighted by molar-refractivity contribution is 7.85. The number of ether oxygens (including phenoxy) is 1. The van der Waals surface area contributed by atoms with Crippen LogP contribution in [0.25, 0.3) is 0 Å². The number of rotatable bonds is 9. The molecule has 4 aromatic carbocycles. The van der Waals surface area contributed by atoms with Gasteiger partial charge < -0.3 is 4.74 Å². The fourth-order valence-corrected chi connectivity index (χ4v) is 4.94. The zero-order valence-corrected chi connectivity index (χ0v) is 21.7. The van der Waals surface area contributed by atoms with Gasteiger partial charge in [0.05, 0.1) is 0 Å². The minimum absolute atomic E-state index is 0.0627. The standard InChI is InChI=1S/C31H32O4S/c1-22(25-13-7-4-8-14-25)28-19-29(23(2)26-15-9-5-10-16-26)31(35-21-36(32,33)34)30(20-28)24(3)27-17-11-6-12-18-27/h4-20,22-24H,21H2,1-3H3,(H,32,33,34). The minimum Gasteiger partial charge on any atom is -0.475 e. The minimum atomic E-state index is -4.33. The van der Waals surface area contributed by atoms with Crippen LogP contribution in [-0.4, -0.2) is 18.9 Å². The molecule has 0 heterocycles. The largest absolute Gasteiger partial charge is 0.475 e. The number of benzene rings is 4. The summed E-state index contributed by atoms with van der Waals surface area (Å²) in [7, 11) is -4.33. The van der Waals surface area contributed by atoms with Gasteiger partial charge in [0.25, 0.3) is 0 Å². The number of hydrogen-bond acceptors (Lipinski definition) is 3. The van der Waals surface area contributed by atoms with E-state index in [1.54, 1.807) is 0 Å². The lowest BCUT2D eigenvalue weighted by Gasteiger charge is -2.26. The highest BCUT2D eigenvalue weighted by atomic mass is 32.2. The van der Waals surface area contributed by atoms with Crippen LogP contribution in [0.5, 0.6) is 5.75 Å². The van der Waals surface area contributed by atoms with Gasteiger partial charge >= 0.3 is 10.1 Å². The summed E-state index contributed by atoms with van der Waals surface area (Å²) in [6, 6.07) is 34.7. The average Bonchev–Trinajstić information content (AvgIpc) is 2.91. The highest BCUT2D eigenvalue weighted by Gasteiger charge is 2.25. The van der Waals surface area contributed by atoms with Crippen molar-refractivity contribution in [3.63, 3.8) is 0 Å². The van der Waals surface area contributed by atoms with Crippen molar-refractivity contribution in [2.24, 2.45) is 0 Å². The molecule has 0 bridgehead atoms. The van der Waals surface area contributed by atoms with Crippen molar-refractivity contribution in [2.75, 3.05) is 5.94 Å². The van der Waals surface area contributed by atoms with Crippen molar-refractivity contribution < 1.29 is 17.7 Å². The molecule has 0 aliphatic rings. The highest BCUT2D eigenvalue weighted by Crippen LogP contribution is 2.42. The third-order valence-electron chi connectivity index (χ3n) is 6.85. The first-order chi connectivity index (χ1) is 17.2. The molecule has 0 saturated carbocycles. The van der Waals surface area contributed by atoms with Crippen LogP contribution in [0.3, 0.4) is 0 Å². The molecular formula is C31H32O4S. The Kier molecular flexibility index (Phi) is 7.92. The molecular weight excluding hydrogens is 468 g/mol. The second-order valence-electron chi connectivity index (χ2n) is 9.27. The summed E-state index contributed by atoms with van der Waals surface area (Å²) in [5, 5.41) is 0. The molecule has 3 atom stereocenters. The Morgan fingerprint density at radius 1 is 0.611 bits per heavy atom. The molecule has 0 aliphatic heterocycles. The van der Waals surface area contributed by atoms with Crippen molar-refractivity contribution in [1.82, 2.24) is 0 Å². The lowest BCUT2D eigenvalue weighted by atomic mass is 9.81. The maximum Gasteiger partial charge on any atom is 0.300 e. The Hall–Kier alpha value is -3.41. The van der Waals surface area contributed by atoms with Gasteiger partial charge in [-0.05, 0) is 22.3 Å². The fraction of sp³-hybridized carbons (Fsp3) is 0.226. The van der Waals surface area contributed by atoms with Crippen molar-refractivity contribution in [1.29, 1.82) is 0 Å². The van der Waals surface area contributed by atoms with Gasteiger partial charge in [0.15, 0.2) is 0 Å². The topological polar surface area (TPSA) is 63.6 Å². The van der Waals surface area contributed by atoms with E-state index in [1.807, 2.05) is 54.6 Å². The van der Waals surface area contributed by atoms with E-state index in [9.17, 15) is 13.0 Å². The molecule has 186 valence electrons. The van der Waals surface area contributed by atoms with Crippen LogP contribution in [0.1, 0.15) is 71.9 Å². The molecule has 0 amide bonds. The third kappa shape index (κ3) is 6.04. The maximum atomic E-state index is 11.7. The Morgan fingerprint density at radius 2 is 0.972 bits per heavy atom. The maximum absolute atomic E-state index is 11.7. The molecule has 0 saturated heterocycles. The van der Waals surface area contributed by atoms with Gasteiger partial charge in [-0.1, -0.05) is 124 Å². The van der Waals surface area contributed by atoms with Gasteiger partial charge in [-0.3, -0.25) is 4.55 Å². The summed E-state index contributed by atoms with van der Waals surface area (Å²) in [4.78, 5) is 0. The van der Waals surface area contributed by atoms with Crippen LogP contribution in [0.15, 0.2) is 103 Å². The van der Waals surface area contributed by atoms with E-state index in [0.29, 0.717) is 5.75 Å². The smallest absolute Gasteiger partial charge is 0.300 e. The lowest BCUT2D eigenvalue weighted by Crippen LogP contribution is -2.15. The van der Waals surface area contributed by atoms with Gasteiger partial charge in [0.1, 0.15) is 5.75 Å². The fourth-order valence-electron chi connectivity index (χ4n) is 4.67. The molecule has 0 spiro atoms. The van der Waals surface area contributed by atoms with E-state index >= 15 is 0 Å². The molecule has 4 rings (SSSR count). The van der Waals surface area contributed by atoms with Gasteiger partial charge in [0.2, 0.25) is 5.94 Å². The zero-order chi connectivity index (χ0) is 25.7. The van der Waals surface area contributed by atoms with Crippen molar-refractivity contribution in [3.8, 4) is 5.75 Å². The molecule has 4 aromatic rings. The van der Waals surface area contributed by atoms with Crippen LogP contribution in [-0.2, 0) is 10.1 Å². The SMILES string of the molecule is CC(c1ccccc1)c1cc(C(C)c2ccccc2)c(OCS(=O)(=O)O)c(C(C)c2ccccc2)c1. The normalized spacial score (nSPS) is 14.1. The van der Waals surface area contributed by atoms with E-state index in [2.05, 4.69) is 69.3 Å². The predicted molar refractivity (Wildman–Crippen MR) is 145 cm³/mol. The Balaban J connectivity index is 1.94. The molecule has 0 aromatic heterocycles. The summed E-state index contributed by atoms with van der Waals surface area (Å²) >= 11 is 0. The van der Waals surface area contributed by atoms with Gasteiger partial charge in [0, 0.05) is 28.9 Å². The molecule has 5 heteroatoms. The first-order valence-electron chi connectivity index (χ1n) is 12.1. The van der Waals surface area contributed by atoms with E-state index < -0.39 is 16.1 Å². The zero-order valence-electron chi connectivity index (χ0n) is 20.8. The quantitative estimate of drug-likeness (QED) is 0.244. The first-order valence-corrected chi connectivity index (χ1v) is 13.8. The van der Waals surface area contributed by atoms with Crippen LogP contribution in [0.2, 0.25) is 0 Å². The van der Waals surface area contributed by atoms with E-state index in [4.69, 9.17) is 4.74 Å². The molecule has 0 radical (unpaired) electrons. The molecule has 4 nitrogen and oxygen atoms in total. The van der Waals surface area contributed by atoms with E-state index in [-0.39, 0.29) is 17.8 Å². The van der Waals surface area contributed by atoms with Crippen molar-refractivity contribution in [3.05, 3.63) is 137 Å². The molecule has 0 fully saturated rings.